The highest BCUT2D eigenvalue weighted by molar-refractivity contribution is 8.26. The number of alkyl halides is 2. The van der Waals surface area contributed by atoms with Crippen LogP contribution in [0.5, 0.6) is 0 Å². The molecule has 1 N–H and O–H groups in total. The lowest BCUT2D eigenvalue weighted by atomic mass is 9.44. The fourth-order valence-electron chi connectivity index (χ4n) is 8.41. The average Bonchev–Trinajstić information content (AvgIpc) is 3.70. The van der Waals surface area contributed by atoms with Gasteiger partial charge in [0.05, 0.1) is 18.6 Å². The number of ether oxygens (including phenoxy) is 1. The summed E-state index contributed by atoms with van der Waals surface area (Å²) in [6.45, 7) is 4.79. The van der Waals surface area contributed by atoms with Gasteiger partial charge < -0.3 is 18.7 Å². The normalized spacial score (nSPS) is 40.5. The van der Waals surface area contributed by atoms with Crippen LogP contribution in [0.4, 0.5) is 8.78 Å². The van der Waals surface area contributed by atoms with E-state index in [0.717, 1.165) is 6.08 Å². The average molecular weight is 601 g/mol. The molecule has 8 nitrogen and oxygen atoms in total. The van der Waals surface area contributed by atoms with E-state index < -0.39 is 74.1 Å². The van der Waals surface area contributed by atoms with Crippen LogP contribution in [0, 0.1) is 28.6 Å². The van der Waals surface area contributed by atoms with Gasteiger partial charge >= 0.3 is 5.97 Å². The molecule has 3 saturated carbocycles. The lowest BCUT2D eigenvalue weighted by molar-refractivity contribution is -0.221. The molecule has 0 spiro atoms. The van der Waals surface area contributed by atoms with Crippen LogP contribution >= 0.6 is 11.8 Å². The number of hydrogen-bond donors (Lipinski definition) is 1. The van der Waals surface area contributed by atoms with Crippen molar-refractivity contribution in [2.75, 3.05) is 0 Å². The molecule has 0 aliphatic heterocycles. The van der Waals surface area contributed by atoms with Crippen molar-refractivity contribution in [2.45, 2.75) is 63.6 Å². The molecule has 2 heterocycles. The zero-order chi connectivity index (χ0) is 30.2. The minimum Gasteiger partial charge on any atom is -0.460 e. The van der Waals surface area contributed by atoms with Gasteiger partial charge in [-0.2, -0.15) is 0 Å². The summed E-state index contributed by atoms with van der Waals surface area (Å²) in [5, 5.41) is 10.2. The molecule has 3 fully saturated rings. The number of rotatable bonds is 4. The Morgan fingerprint density at radius 3 is 2.38 bits per heavy atom. The molecule has 9 unspecified atom stereocenters. The number of esters is 1. The van der Waals surface area contributed by atoms with Crippen LogP contribution < -0.4 is 0 Å². The Morgan fingerprint density at radius 1 is 1.07 bits per heavy atom. The molecule has 9 atom stereocenters. The second-order valence-corrected chi connectivity index (χ2v) is 13.2. The quantitative estimate of drug-likeness (QED) is 0.457. The van der Waals surface area contributed by atoms with E-state index >= 15 is 8.78 Å². The summed E-state index contributed by atoms with van der Waals surface area (Å²) in [7, 11) is 0. The first kappa shape index (κ1) is 28.8. The van der Waals surface area contributed by atoms with Crippen molar-refractivity contribution in [3.8, 4) is 0 Å². The molecule has 0 amide bonds. The number of carbonyl (C=O) groups excluding carboxylic acids is 4. The van der Waals surface area contributed by atoms with Crippen LogP contribution in [-0.4, -0.2) is 50.6 Å². The maximum atomic E-state index is 17.6. The van der Waals surface area contributed by atoms with E-state index in [9.17, 15) is 24.3 Å². The van der Waals surface area contributed by atoms with Crippen molar-refractivity contribution in [1.29, 1.82) is 0 Å². The maximum Gasteiger partial charge on any atom is 0.375 e. The Balaban J connectivity index is 1.46. The molecule has 4 aliphatic carbocycles. The van der Waals surface area contributed by atoms with Crippen molar-refractivity contribution in [3.63, 3.8) is 0 Å². The van der Waals surface area contributed by atoms with Gasteiger partial charge in [0.2, 0.25) is 10.9 Å². The Labute approximate surface area is 244 Å². The smallest absolute Gasteiger partial charge is 0.375 e. The van der Waals surface area contributed by atoms with Crippen molar-refractivity contribution in [2.24, 2.45) is 28.6 Å². The molecule has 6 rings (SSSR count). The number of fused-ring (bicyclic) bond motifs is 5. The number of allylic oxidation sites excluding steroid dienone is 4. The molecule has 2 aromatic heterocycles. The van der Waals surface area contributed by atoms with Crippen LogP contribution in [0.25, 0.3) is 0 Å². The fraction of sp³-hybridized carbons (Fsp3) is 0.484. The summed E-state index contributed by atoms with van der Waals surface area (Å²) in [5.74, 6) is -4.28. The minimum atomic E-state index is -2.39. The third-order valence-corrected chi connectivity index (χ3v) is 11.2. The molecule has 0 bridgehead atoms. The van der Waals surface area contributed by atoms with E-state index in [4.69, 9.17) is 13.6 Å². The number of furan rings is 2. The van der Waals surface area contributed by atoms with Gasteiger partial charge in [-0.05, 0) is 85.9 Å². The van der Waals surface area contributed by atoms with Gasteiger partial charge in [-0.1, -0.05) is 19.9 Å². The van der Waals surface area contributed by atoms with Crippen LogP contribution in [0.2, 0.25) is 0 Å². The van der Waals surface area contributed by atoms with Gasteiger partial charge in [0, 0.05) is 22.7 Å². The first-order chi connectivity index (χ1) is 19.8. The summed E-state index contributed by atoms with van der Waals surface area (Å²) >= 11 is 0.312. The highest BCUT2D eigenvalue weighted by atomic mass is 32.2. The SMILES string of the molecule is CC1CC2C3CC(F)C4=CC(=O)C=CC4(C)C3(F)C(O)CC2(C)C1(OC(=O)c1ccco1)C(=O)SC(=O)c1ccco1. The standard InChI is InChI=1S/C31H30F2O8S/c1-16-12-18-19-14-21(32)20-13-17(34)8-9-28(20,2)30(19,33)24(35)15-29(18,3)31(16,41-25(36)22-6-4-10-39-22)27(38)42-26(37)23-7-5-11-40-23/h4-11,13,16,18-19,21,24,35H,12,14-15H2,1-3H3. The molecule has 0 saturated heterocycles. The molecule has 222 valence electrons. The van der Waals surface area contributed by atoms with Gasteiger partial charge in [-0.3, -0.25) is 14.4 Å². The van der Waals surface area contributed by atoms with E-state index in [0.29, 0.717) is 11.8 Å². The van der Waals surface area contributed by atoms with Crippen LogP contribution in [0.1, 0.15) is 61.1 Å². The van der Waals surface area contributed by atoms with Crippen LogP contribution in [0.15, 0.2) is 69.4 Å². The van der Waals surface area contributed by atoms with Gasteiger partial charge in [0.25, 0.3) is 5.12 Å². The highest BCUT2D eigenvalue weighted by Crippen LogP contribution is 2.72. The zero-order valence-electron chi connectivity index (χ0n) is 23.2. The molecule has 0 radical (unpaired) electrons. The molecule has 11 heteroatoms. The number of aliphatic hydroxyl groups excluding tert-OH is 1. The third kappa shape index (κ3) is 3.68. The van der Waals surface area contributed by atoms with Gasteiger partial charge in [-0.25, -0.2) is 13.6 Å². The van der Waals surface area contributed by atoms with Gasteiger partial charge in [0.1, 0.15) is 6.17 Å². The van der Waals surface area contributed by atoms with Crippen molar-refractivity contribution < 1.29 is 46.6 Å². The molecule has 42 heavy (non-hydrogen) atoms. The topological polar surface area (TPSA) is 124 Å². The Bertz CT molecular complexity index is 1510. The number of halogens is 2. The van der Waals surface area contributed by atoms with Crippen LogP contribution in [-0.2, 0) is 14.3 Å². The molecule has 0 aromatic carbocycles. The van der Waals surface area contributed by atoms with Gasteiger partial charge in [-0.15, -0.1) is 0 Å². The highest BCUT2D eigenvalue weighted by Gasteiger charge is 2.78. The number of hydrogen-bond acceptors (Lipinski definition) is 9. The third-order valence-electron chi connectivity index (χ3n) is 10.4. The monoisotopic (exact) mass is 600 g/mol. The van der Waals surface area contributed by atoms with E-state index in [-0.39, 0.29) is 36.4 Å². The van der Waals surface area contributed by atoms with Crippen molar-refractivity contribution >= 4 is 33.7 Å². The molecule has 4 aliphatic rings. The Hall–Kier alpha value is -3.31. The summed E-state index contributed by atoms with van der Waals surface area (Å²) < 4.78 is 49.9. The summed E-state index contributed by atoms with van der Waals surface area (Å²) in [6, 6.07) is 5.73. The number of carbonyl (C=O) groups is 4. The lowest BCUT2D eigenvalue weighted by Crippen LogP contribution is -2.70. The minimum absolute atomic E-state index is 0.0198. The number of ketones is 1. The first-order valence-corrected chi connectivity index (χ1v) is 14.6. The second kappa shape index (κ2) is 9.60. The van der Waals surface area contributed by atoms with E-state index in [2.05, 4.69) is 0 Å². The van der Waals surface area contributed by atoms with E-state index in [1.54, 1.807) is 13.8 Å². The summed E-state index contributed by atoms with van der Waals surface area (Å²) in [5.41, 5.74) is -7.44. The number of thioether (sulfide) groups is 1. The van der Waals surface area contributed by atoms with Crippen molar-refractivity contribution in [3.05, 3.63) is 72.1 Å². The second-order valence-electron chi connectivity index (χ2n) is 12.3. The summed E-state index contributed by atoms with van der Waals surface area (Å²) in [4.78, 5) is 52.8. The lowest BCUT2D eigenvalue weighted by Gasteiger charge is -2.63. The number of aliphatic hydroxyl groups is 1. The zero-order valence-corrected chi connectivity index (χ0v) is 24.0. The van der Waals surface area contributed by atoms with E-state index in [1.807, 2.05) is 0 Å². The van der Waals surface area contributed by atoms with E-state index in [1.165, 1.54) is 55.9 Å². The van der Waals surface area contributed by atoms with Crippen LogP contribution in [0.3, 0.4) is 0 Å². The predicted octanol–water partition coefficient (Wildman–Crippen LogP) is 5.43. The fourth-order valence-corrected chi connectivity index (χ4v) is 9.43. The van der Waals surface area contributed by atoms with Gasteiger partial charge in [0.15, 0.2) is 22.8 Å². The predicted molar refractivity (Wildman–Crippen MR) is 146 cm³/mol. The first-order valence-electron chi connectivity index (χ1n) is 13.8. The molecule has 2 aromatic rings. The largest absolute Gasteiger partial charge is 0.460 e. The Kier molecular flexibility index (Phi) is 6.58. The maximum absolute atomic E-state index is 17.6. The molecular formula is C31H30F2O8S. The summed E-state index contributed by atoms with van der Waals surface area (Å²) in [6.07, 6.45) is 2.26. The molecular weight excluding hydrogens is 570 g/mol. The Morgan fingerprint density at radius 2 is 1.74 bits per heavy atom. The van der Waals surface area contributed by atoms with Crippen molar-refractivity contribution in [1.82, 2.24) is 0 Å².